The number of carbonyl (C=O) groups is 1. The second kappa shape index (κ2) is 6.26. The molecule has 4 nitrogen and oxygen atoms in total. The molecule has 1 atom stereocenters. The van der Waals surface area contributed by atoms with Gasteiger partial charge in [0.05, 0.1) is 12.2 Å². The van der Waals surface area contributed by atoms with Crippen molar-refractivity contribution in [3.05, 3.63) is 24.3 Å². The third-order valence-electron chi connectivity index (χ3n) is 3.61. The minimum atomic E-state index is 0. The number of amides is 1. The summed E-state index contributed by atoms with van der Waals surface area (Å²) in [7, 11) is 0. The second-order valence-electron chi connectivity index (χ2n) is 4.86. The highest BCUT2D eigenvalue weighted by molar-refractivity contribution is 5.95. The lowest BCUT2D eigenvalue weighted by atomic mass is 10.1. The zero-order valence-electron chi connectivity index (χ0n) is 10.8. The highest BCUT2D eigenvalue weighted by Gasteiger charge is 2.26. The van der Waals surface area contributed by atoms with Crippen molar-refractivity contribution in [2.75, 3.05) is 24.6 Å². The van der Waals surface area contributed by atoms with E-state index in [2.05, 4.69) is 5.32 Å². The van der Waals surface area contributed by atoms with E-state index in [9.17, 15) is 4.79 Å². The fourth-order valence-corrected chi connectivity index (χ4v) is 2.68. The highest BCUT2D eigenvalue weighted by Crippen LogP contribution is 2.31. The molecule has 2 aliphatic rings. The molecule has 3 rings (SSSR count). The van der Waals surface area contributed by atoms with Crippen LogP contribution in [0.15, 0.2) is 24.3 Å². The van der Waals surface area contributed by atoms with Crippen LogP contribution in [0.2, 0.25) is 0 Å². The van der Waals surface area contributed by atoms with Crippen LogP contribution in [0, 0.1) is 0 Å². The average molecular weight is 283 g/mol. The molecule has 1 aromatic rings. The lowest BCUT2D eigenvalue weighted by Crippen LogP contribution is -2.40. The molecular formula is C14H19ClN2O2. The summed E-state index contributed by atoms with van der Waals surface area (Å²) in [4.78, 5) is 14.2. The molecule has 5 heteroatoms. The quantitative estimate of drug-likeness (QED) is 0.902. The number of hydrogen-bond acceptors (Lipinski definition) is 3. The smallest absolute Gasteiger partial charge is 0.228 e. The Bertz CT molecular complexity index is 447. The summed E-state index contributed by atoms with van der Waals surface area (Å²) in [6.45, 7) is 2.28. The van der Waals surface area contributed by atoms with Crippen LogP contribution in [0.25, 0.3) is 0 Å². The van der Waals surface area contributed by atoms with Gasteiger partial charge in [-0.05, 0) is 31.5 Å². The Morgan fingerprint density at radius 2 is 2.26 bits per heavy atom. The summed E-state index contributed by atoms with van der Waals surface area (Å²) in [5, 5.41) is 3.37. The maximum atomic E-state index is 12.3. The zero-order valence-corrected chi connectivity index (χ0v) is 11.6. The molecule has 1 saturated heterocycles. The van der Waals surface area contributed by atoms with Crippen molar-refractivity contribution in [2.24, 2.45) is 0 Å². The number of anilines is 1. The number of para-hydroxylation sites is 2. The molecule has 0 aliphatic carbocycles. The number of nitrogens with zero attached hydrogens (tertiary/aromatic N) is 1. The molecule has 0 saturated carbocycles. The van der Waals surface area contributed by atoms with Crippen LogP contribution in [-0.2, 0) is 4.79 Å². The predicted molar refractivity (Wildman–Crippen MR) is 77.2 cm³/mol. The van der Waals surface area contributed by atoms with E-state index in [1.54, 1.807) is 0 Å². The summed E-state index contributed by atoms with van der Waals surface area (Å²) in [5.41, 5.74) is 0.909. The summed E-state index contributed by atoms with van der Waals surface area (Å²) in [5.74, 6) is 1.02. The van der Waals surface area contributed by atoms with E-state index in [-0.39, 0.29) is 18.3 Å². The van der Waals surface area contributed by atoms with Crippen molar-refractivity contribution in [2.45, 2.75) is 25.3 Å². The lowest BCUT2D eigenvalue weighted by molar-refractivity contribution is -0.119. The van der Waals surface area contributed by atoms with Gasteiger partial charge in [0.15, 0.2) is 0 Å². The third-order valence-corrected chi connectivity index (χ3v) is 3.61. The summed E-state index contributed by atoms with van der Waals surface area (Å²) in [6.07, 6.45) is 2.88. The monoisotopic (exact) mass is 282 g/mol. The maximum absolute atomic E-state index is 12.3. The Labute approximate surface area is 119 Å². The molecule has 2 aliphatic heterocycles. The van der Waals surface area contributed by atoms with Gasteiger partial charge in [-0.3, -0.25) is 4.79 Å². The van der Waals surface area contributed by atoms with Gasteiger partial charge in [0.1, 0.15) is 12.4 Å². The maximum Gasteiger partial charge on any atom is 0.228 e. The van der Waals surface area contributed by atoms with E-state index in [0.717, 1.165) is 24.4 Å². The van der Waals surface area contributed by atoms with E-state index in [0.29, 0.717) is 25.6 Å². The molecule has 1 fully saturated rings. The number of benzene rings is 1. The molecular weight excluding hydrogens is 264 g/mol. The Morgan fingerprint density at radius 3 is 3.05 bits per heavy atom. The first-order valence-corrected chi connectivity index (χ1v) is 6.60. The molecule has 1 unspecified atom stereocenters. The Balaban J connectivity index is 0.00000133. The molecule has 0 bridgehead atoms. The van der Waals surface area contributed by atoms with E-state index in [1.807, 2.05) is 29.2 Å². The van der Waals surface area contributed by atoms with Crippen LogP contribution < -0.4 is 15.0 Å². The minimum Gasteiger partial charge on any atom is -0.490 e. The van der Waals surface area contributed by atoms with Gasteiger partial charge in [0.2, 0.25) is 5.91 Å². The molecule has 1 N–H and O–H groups in total. The van der Waals surface area contributed by atoms with E-state index in [1.165, 1.54) is 6.42 Å². The van der Waals surface area contributed by atoms with Crippen molar-refractivity contribution in [3.8, 4) is 5.75 Å². The molecule has 2 heterocycles. The van der Waals surface area contributed by atoms with Gasteiger partial charge in [-0.25, -0.2) is 0 Å². The van der Waals surface area contributed by atoms with Gasteiger partial charge in [0.25, 0.3) is 0 Å². The van der Waals surface area contributed by atoms with Gasteiger partial charge in [-0.15, -0.1) is 12.4 Å². The lowest BCUT2D eigenvalue weighted by Gasteiger charge is -2.30. The van der Waals surface area contributed by atoms with Gasteiger partial charge < -0.3 is 15.0 Å². The molecule has 104 valence electrons. The van der Waals surface area contributed by atoms with Gasteiger partial charge in [0, 0.05) is 12.5 Å². The molecule has 1 amide bonds. The Kier molecular flexibility index (Phi) is 4.66. The summed E-state index contributed by atoms with van der Waals surface area (Å²) < 4.78 is 5.56. The number of rotatable bonds is 2. The number of halogens is 1. The molecule has 19 heavy (non-hydrogen) atoms. The first kappa shape index (κ1) is 14.2. The first-order chi connectivity index (χ1) is 8.84. The average Bonchev–Trinajstić information content (AvgIpc) is 2.91. The zero-order chi connectivity index (χ0) is 12.4. The fraction of sp³-hybridized carbons (Fsp3) is 0.500. The molecule has 0 radical (unpaired) electrons. The van der Waals surface area contributed by atoms with Crippen LogP contribution in [0.1, 0.15) is 19.3 Å². The van der Waals surface area contributed by atoms with E-state index < -0.39 is 0 Å². The van der Waals surface area contributed by atoms with Gasteiger partial charge in [-0.1, -0.05) is 12.1 Å². The van der Waals surface area contributed by atoms with Gasteiger partial charge >= 0.3 is 0 Å². The second-order valence-corrected chi connectivity index (χ2v) is 4.86. The topological polar surface area (TPSA) is 41.6 Å². The van der Waals surface area contributed by atoms with E-state index >= 15 is 0 Å². The SMILES string of the molecule is Cl.O=C(CC1CCCN1)N1CCOc2ccccc21. The molecule has 0 spiro atoms. The van der Waals surface area contributed by atoms with E-state index in [4.69, 9.17) is 4.74 Å². The first-order valence-electron chi connectivity index (χ1n) is 6.60. The largest absolute Gasteiger partial charge is 0.490 e. The third kappa shape index (κ3) is 3.01. The van der Waals surface area contributed by atoms with Crippen molar-refractivity contribution in [1.82, 2.24) is 5.32 Å². The number of fused-ring (bicyclic) bond motifs is 1. The molecule has 1 aromatic carbocycles. The van der Waals surface area contributed by atoms with Crippen molar-refractivity contribution >= 4 is 24.0 Å². The van der Waals surface area contributed by atoms with Crippen molar-refractivity contribution < 1.29 is 9.53 Å². The fourth-order valence-electron chi connectivity index (χ4n) is 2.68. The summed E-state index contributed by atoms with van der Waals surface area (Å²) in [6, 6.07) is 8.11. The number of hydrogen-bond donors (Lipinski definition) is 1. The van der Waals surface area contributed by atoms with Crippen LogP contribution in [0.5, 0.6) is 5.75 Å². The predicted octanol–water partition coefficient (Wildman–Crippen LogP) is 1.98. The van der Waals surface area contributed by atoms with Crippen LogP contribution in [-0.4, -0.2) is 31.6 Å². The Morgan fingerprint density at radius 1 is 1.42 bits per heavy atom. The Hall–Kier alpha value is -1.26. The van der Waals surface area contributed by atoms with Gasteiger partial charge in [-0.2, -0.15) is 0 Å². The number of nitrogens with one attached hydrogen (secondary N) is 1. The number of carbonyl (C=O) groups excluding carboxylic acids is 1. The normalized spacial score (nSPS) is 21.3. The standard InChI is InChI=1S/C14H18N2O2.ClH/c17-14(10-11-4-3-7-15-11)16-8-9-18-13-6-2-1-5-12(13)16;/h1-2,5-6,11,15H,3-4,7-10H2;1H. The number of ether oxygens (including phenoxy) is 1. The highest BCUT2D eigenvalue weighted by atomic mass is 35.5. The summed E-state index contributed by atoms with van der Waals surface area (Å²) >= 11 is 0. The van der Waals surface area contributed by atoms with Crippen LogP contribution in [0.4, 0.5) is 5.69 Å². The minimum absolute atomic E-state index is 0. The van der Waals surface area contributed by atoms with Crippen molar-refractivity contribution in [3.63, 3.8) is 0 Å². The molecule has 0 aromatic heterocycles. The van der Waals surface area contributed by atoms with Crippen LogP contribution in [0.3, 0.4) is 0 Å². The van der Waals surface area contributed by atoms with Crippen molar-refractivity contribution in [1.29, 1.82) is 0 Å². The van der Waals surface area contributed by atoms with Crippen LogP contribution >= 0.6 is 12.4 Å².